The molecule has 0 bridgehead atoms. The molecule has 168 valence electrons. The fourth-order valence-corrected chi connectivity index (χ4v) is 4.54. The van der Waals surface area contributed by atoms with Gasteiger partial charge in [-0.2, -0.15) is 4.98 Å². The Kier molecular flexibility index (Phi) is 7.03. The fourth-order valence-electron chi connectivity index (χ4n) is 3.40. The minimum absolute atomic E-state index is 0.241. The maximum absolute atomic E-state index is 13.3. The predicted molar refractivity (Wildman–Crippen MR) is 132 cm³/mol. The van der Waals surface area contributed by atoms with Gasteiger partial charge in [0.25, 0.3) is 5.91 Å². The number of methoxy groups -OCH3 is 1. The van der Waals surface area contributed by atoms with Gasteiger partial charge in [-0.25, -0.2) is 0 Å². The van der Waals surface area contributed by atoms with Gasteiger partial charge < -0.3 is 14.6 Å². The second-order valence-corrected chi connectivity index (χ2v) is 9.07. The molecule has 4 aromatic rings. The highest BCUT2D eigenvalue weighted by atomic mass is 35.5. The van der Waals surface area contributed by atoms with Crippen LogP contribution in [0.2, 0.25) is 5.02 Å². The number of nitrogens with zero attached hydrogens (tertiary/aromatic N) is 2. The highest BCUT2D eigenvalue weighted by Gasteiger charge is 2.25. The first-order chi connectivity index (χ1) is 16.0. The smallest absolute Gasteiger partial charge is 0.328 e. The molecule has 0 saturated heterocycles. The number of halogens is 1. The molecular formula is C25H22ClN3O3S. The summed E-state index contributed by atoms with van der Waals surface area (Å²) in [7, 11) is 1.57. The number of amides is 1. The number of imidazole rings is 1. The molecule has 4 rings (SSSR count). The van der Waals surface area contributed by atoms with Crippen molar-refractivity contribution < 1.29 is 14.1 Å². The molecule has 1 heterocycles. The minimum Gasteiger partial charge on any atom is -0.609 e. The van der Waals surface area contributed by atoms with Gasteiger partial charge in [-0.1, -0.05) is 48.0 Å². The van der Waals surface area contributed by atoms with Crippen molar-refractivity contribution in [3.8, 4) is 22.7 Å². The van der Waals surface area contributed by atoms with E-state index >= 15 is 0 Å². The number of carbonyl (C=O) groups excluding carboxylic acids is 1. The molecule has 0 aliphatic rings. The highest BCUT2D eigenvalue weighted by Crippen LogP contribution is 2.27. The van der Waals surface area contributed by atoms with Crippen LogP contribution in [0.5, 0.6) is 5.75 Å². The number of aromatic nitrogens is 2. The summed E-state index contributed by atoms with van der Waals surface area (Å²) < 4.78 is 20.3. The van der Waals surface area contributed by atoms with Crippen LogP contribution >= 0.6 is 11.6 Å². The van der Waals surface area contributed by atoms with Crippen molar-refractivity contribution in [3.05, 3.63) is 89.6 Å². The summed E-state index contributed by atoms with van der Waals surface area (Å²) in [6.45, 7) is 1.85. The lowest BCUT2D eigenvalue weighted by Gasteiger charge is -2.14. The third-order valence-electron chi connectivity index (χ3n) is 5.09. The topological polar surface area (TPSA) is 79.2 Å². The second-order valence-electron chi connectivity index (χ2n) is 7.29. The van der Waals surface area contributed by atoms with E-state index in [1.54, 1.807) is 35.9 Å². The molecule has 1 unspecified atom stereocenters. The second kappa shape index (κ2) is 10.1. The molecule has 33 heavy (non-hydrogen) atoms. The number of ether oxygens (including phenoxy) is 1. The summed E-state index contributed by atoms with van der Waals surface area (Å²) in [4.78, 5) is 17.3. The van der Waals surface area contributed by atoms with Crippen LogP contribution < -0.4 is 10.1 Å². The molecule has 8 heteroatoms. The Labute approximate surface area is 200 Å². The van der Waals surface area contributed by atoms with Crippen molar-refractivity contribution in [2.24, 2.45) is 0 Å². The van der Waals surface area contributed by atoms with Crippen molar-refractivity contribution in [1.82, 2.24) is 9.55 Å². The normalized spacial score (nSPS) is 11.8. The first kappa shape index (κ1) is 22.9. The van der Waals surface area contributed by atoms with Crippen LogP contribution in [0.25, 0.3) is 16.9 Å². The number of carbonyl (C=O) groups is 1. The largest absolute Gasteiger partial charge is 0.609 e. The average Bonchev–Trinajstić information content (AvgIpc) is 3.27. The molecule has 0 aliphatic carbocycles. The molecule has 6 nitrogen and oxygen atoms in total. The Hall–Kier alpha value is -3.26. The van der Waals surface area contributed by atoms with Gasteiger partial charge >= 0.3 is 5.16 Å². The van der Waals surface area contributed by atoms with E-state index < -0.39 is 11.2 Å². The SMILES string of the molecule is COc1cccc(NC(=O)C[S+]([O-])c2nc(-c3ccccc3)cn2-c2ccc(Cl)cc2)c1C. The summed E-state index contributed by atoms with van der Waals surface area (Å²) in [6, 6.07) is 22.1. The van der Waals surface area contributed by atoms with Crippen LogP contribution in [0, 0.1) is 6.92 Å². The van der Waals surface area contributed by atoms with E-state index in [1.165, 1.54) is 0 Å². The van der Waals surface area contributed by atoms with Crippen molar-refractivity contribution in [2.75, 3.05) is 18.2 Å². The van der Waals surface area contributed by atoms with E-state index in [9.17, 15) is 9.35 Å². The van der Waals surface area contributed by atoms with E-state index in [1.807, 2.05) is 61.7 Å². The van der Waals surface area contributed by atoms with Crippen LogP contribution in [-0.4, -0.2) is 32.9 Å². The Balaban J connectivity index is 1.62. The van der Waals surface area contributed by atoms with Gasteiger partial charge in [0.15, 0.2) is 5.75 Å². The number of hydrogen-bond acceptors (Lipinski definition) is 4. The van der Waals surface area contributed by atoms with Crippen molar-refractivity contribution in [3.63, 3.8) is 0 Å². The maximum Gasteiger partial charge on any atom is 0.328 e. The van der Waals surface area contributed by atoms with E-state index in [0.29, 0.717) is 22.2 Å². The van der Waals surface area contributed by atoms with Crippen molar-refractivity contribution >= 4 is 34.4 Å². The zero-order valence-electron chi connectivity index (χ0n) is 18.1. The van der Waals surface area contributed by atoms with E-state index in [4.69, 9.17) is 16.3 Å². The van der Waals surface area contributed by atoms with Crippen LogP contribution in [0.15, 0.2) is 84.1 Å². The molecule has 0 spiro atoms. The molecule has 0 saturated carbocycles. The molecule has 0 aliphatic heterocycles. The standard InChI is InChI=1S/C25H22ClN3O3S/c1-17-21(9-6-10-23(17)32-2)27-24(30)16-33(31)25-28-22(18-7-4-3-5-8-18)15-29(25)20-13-11-19(26)12-14-20/h3-15H,16H2,1-2H3,(H,27,30). The predicted octanol–water partition coefficient (Wildman–Crippen LogP) is 5.26. The summed E-state index contributed by atoms with van der Waals surface area (Å²) in [5.41, 5.74) is 3.72. The van der Waals surface area contributed by atoms with E-state index in [0.717, 1.165) is 16.8 Å². The number of rotatable bonds is 7. The Bertz CT molecular complexity index is 1260. The van der Waals surface area contributed by atoms with E-state index in [-0.39, 0.29) is 16.8 Å². The van der Waals surface area contributed by atoms with Gasteiger partial charge in [0.05, 0.1) is 18.5 Å². The minimum atomic E-state index is -1.70. The average molecular weight is 480 g/mol. The summed E-state index contributed by atoms with van der Waals surface area (Å²) in [5.74, 6) is 0.0477. The molecule has 1 atom stereocenters. The Morgan fingerprint density at radius 3 is 2.52 bits per heavy atom. The summed E-state index contributed by atoms with van der Waals surface area (Å²) >= 11 is 4.34. The van der Waals surface area contributed by atoms with Gasteiger partial charge in [0.2, 0.25) is 0 Å². The Morgan fingerprint density at radius 1 is 1.09 bits per heavy atom. The van der Waals surface area contributed by atoms with E-state index in [2.05, 4.69) is 10.3 Å². The van der Waals surface area contributed by atoms with Crippen molar-refractivity contribution in [2.45, 2.75) is 12.1 Å². The van der Waals surface area contributed by atoms with Gasteiger partial charge in [-0.15, -0.1) is 0 Å². The van der Waals surface area contributed by atoms with Crippen LogP contribution in [0.3, 0.4) is 0 Å². The Morgan fingerprint density at radius 2 is 1.82 bits per heavy atom. The zero-order valence-corrected chi connectivity index (χ0v) is 19.7. The molecule has 1 amide bonds. The first-order valence-corrected chi connectivity index (χ1v) is 11.9. The van der Waals surface area contributed by atoms with Crippen LogP contribution in [-0.2, 0) is 16.0 Å². The number of hydrogen-bond donors (Lipinski definition) is 1. The highest BCUT2D eigenvalue weighted by molar-refractivity contribution is 7.92. The van der Waals surface area contributed by atoms with Crippen molar-refractivity contribution in [1.29, 1.82) is 0 Å². The van der Waals surface area contributed by atoms with Crippen LogP contribution in [0.1, 0.15) is 5.56 Å². The van der Waals surface area contributed by atoms with Gasteiger partial charge in [-0.3, -0.25) is 9.36 Å². The molecule has 0 radical (unpaired) electrons. The fraction of sp³-hybridized carbons (Fsp3) is 0.120. The zero-order chi connectivity index (χ0) is 23.4. The summed E-state index contributed by atoms with van der Waals surface area (Å²) in [6.07, 6.45) is 1.82. The summed E-state index contributed by atoms with van der Waals surface area (Å²) in [5, 5.41) is 3.71. The quantitative estimate of drug-likeness (QED) is 0.367. The lowest BCUT2D eigenvalue weighted by atomic mass is 10.2. The van der Waals surface area contributed by atoms with Gasteiger partial charge in [-0.05, 0) is 43.3 Å². The third kappa shape index (κ3) is 5.22. The molecular weight excluding hydrogens is 458 g/mol. The molecule has 1 aromatic heterocycles. The number of benzene rings is 3. The van der Waals surface area contributed by atoms with Gasteiger partial charge in [0, 0.05) is 39.2 Å². The number of anilines is 1. The third-order valence-corrected chi connectivity index (χ3v) is 6.56. The van der Waals surface area contributed by atoms with Gasteiger partial charge in [0.1, 0.15) is 5.75 Å². The maximum atomic E-state index is 13.3. The lowest BCUT2D eigenvalue weighted by Crippen LogP contribution is -2.25. The lowest BCUT2D eigenvalue weighted by molar-refractivity contribution is -0.113. The molecule has 3 aromatic carbocycles. The molecule has 1 N–H and O–H groups in total. The first-order valence-electron chi connectivity index (χ1n) is 10.2. The molecule has 0 fully saturated rings. The monoisotopic (exact) mass is 479 g/mol. The number of nitrogens with one attached hydrogen (secondary N) is 1. The van der Waals surface area contributed by atoms with Crippen LogP contribution in [0.4, 0.5) is 5.69 Å².